The van der Waals surface area contributed by atoms with Crippen molar-refractivity contribution in [2.45, 2.75) is 11.5 Å². The lowest BCUT2D eigenvalue weighted by Crippen LogP contribution is -1.98. The zero-order valence-electron chi connectivity index (χ0n) is 10.2. The Hall–Kier alpha value is -1.40. The van der Waals surface area contributed by atoms with Crippen molar-refractivity contribution in [2.75, 3.05) is 7.11 Å². The molecule has 0 saturated heterocycles. The van der Waals surface area contributed by atoms with E-state index in [1.807, 2.05) is 11.8 Å². The zero-order chi connectivity index (χ0) is 13.4. The monoisotopic (exact) mass is 294 g/mol. The van der Waals surface area contributed by atoms with Crippen LogP contribution >= 0.6 is 24.0 Å². The second-order valence-corrected chi connectivity index (χ2v) is 5.56. The quantitative estimate of drug-likeness (QED) is 0.857. The highest BCUT2D eigenvalue weighted by atomic mass is 32.2. The Morgan fingerprint density at radius 2 is 2.26 bits per heavy atom. The van der Waals surface area contributed by atoms with Crippen LogP contribution in [0.25, 0.3) is 11.4 Å². The number of nitrogens with one attached hydrogen (secondary N) is 1. The number of hydrogen-bond donors (Lipinski definition) is 1. The number of halogens is 1. The summed E-state index contributed by atoms with van der Waals surface area (Å²) >= 11 is 7.11. The number of fused-ring (bicyclic) bond motifs is 1. The molecule has 1 N–H and O–H groups in total. The second-order valence-electron chi connectivity index (χ2n) is 4.19. The first kappa shape index (κ1) is 12.6. The van der Waals surface area contributed by atoms with E-state index in [4.69, 9.17) is 17.0 Å². The van der Waals surface area contributed by atoms with Crippen molar-refractivity contribution in [1.82, 2.24) is 9.97 Å². The zero-order valence-corrected chi connectivity index (χ0v) is 11.8. The number of ether oxygens (including phenoxy) is 1. The predicted octanol–water partition coefficient (Wildman–Crippen LogP) is 3.70. The number of H-pyrrole nitrogens is 1. The van der Waals surface area contributed by atoms with Gasteiger partial charge in [0.25, 0.3) is 0 Å². The number of benzene rings is 1. The smallest absolute Gasteiger partial charge is 0.165 e. The molecule has 2 aromatic rings. The van der Waals surface area contributed by atoms with Crippen molar-refractivity contribution < 1.29 is 9.13 Å². The molecule has 0 amide bonds. The minimum atomic E-state index is -0.387. The third-order valence-corrected chi connectivity index (χ3v) is 4.35. The molecular formula is C13H11FN2OS2. The minimum Gasteiger partial charge on any atom is -0.494 e. The lowest BCUT2D eigenvalue weighted by Gasteiger charge is -2.07. The van der Waals surface area contributed by atoms with Crippen LogP contribution in [0.3, 0.4) is 0 Å². The minimum absolute atomic E-state index is 0.202. The molecule has 0 unspecified atom stereocenters. The van der Waals surface area contributed by atoms with Gasteiger partial charge in [-0.05, 0) is 18.2 Å². The van der Waals surface area contributed by atoms with Crippen molar-refractivity contribution in [3.05, 3.63) is 39.9 Å². The van der Waals surface area contributed by atoms with Crippen LogP contribution in [-0.2, 0) is 11.5 Å². The molecule has 1 aromatic heterocycles. The molecule has 0 bridgehead atoms. The Bertz CT molecular complexity index is 700. The average molecular weight is 294 g/mol. The van der Waals surface area contributed by atoms with E-state index in [1.165, 1.54) is 13.2 Å². The number of hydrogen-bond acceptors (Lipinski definition) is 4. The lowest BCUT2D eigenvalue weighted by molar-refractivity contribution is 0.386. The summed E-state index contributed by atoms with van der Waals surface area (Å²) in [7, 11) is 1.44. The molecule has 1 aliphatic rings. The number of aromatic amines is 1. The lowest BCUT2D eigenvalue weighted by atomic mass is 10.2. The molecule has 3 nitrogen and oxygen atoms in total. The van der Waals surface area contributed by atoms with E-state index in [9.17, 15) is 4.39 Å². The van der Waals surface area contributed by atoms with E-state index >= 15 is 0 Å². The summed E-state index contributed by atoms with van der Waals surface area (Å²) in [4.78, 5) is 7.66. The molecule has 98 valence electrons. The van der Waals surface area contributed by atoms with Gasteiger partial charge in [0.2, 0.25) is 0 Å². The van der Waals surface area contributed by atoms with Gasteiger partial charge in [0, 0.05) is 28.3 Å². The summed E-state index contributed by atoms with van der Waals surface area (Å²) < 4.78 is 19.0. The van der Waals surface area contributed by atoms with Crippen molar-refractivity contribution in [3.8, 4) is 17.1 Å². The van der Waals surface area contributed by atoms with Gasteiger partial charge in [-0.1, -0.05) is 12.2 Å². The van der Waals surface area contributed by atoms with E-state index < -0.39 is 0 Å². The molecule has 2 heterocycles. The van der Waals surface area contributed by atoms with Crippen LogP contribution in [-0.4, -0.2) is 17.1 Å². The maximum absolute atomic E-state index is 13.4. The van der Waals surface area contributed by atoms with Crippen LogP contribution in [0, 0.1) is 10.5 Å². The van der Waals surface area contributed by atoms with Gasteiger partial charge in [-0.2, -0.15) is 11.8 Å². The van der Waals surface area contributed by atoms with Gasteiger partial charge in [0.05, 0.1) is 7.11 Å². The number of thioether (sulfide) groups is 1. The fraction of sp³-hybridized carbons (Fsp3) is 0.231. The number of rotatable bonds is 2. The molecule has 0 atom stereocenters. The molecule has 19 heavy (non-hydrogen) atoms. The molecule has 0 aliphatic carbocycles. The van der Waals surface area contributed by atoms with Crippen LogP contribution in [0.5, 0.6) is 5.75 Å². The highest BCUT2D eigenvalue weighted by Crippen LogP contribution is 2.31. The van der Waals surface area contributed by atoms with E-state index in [0.717, 1.165) is 28.3 Å². The molecule has 1 aromatic carbocycles. The topological polar surface area (TPSA) is 37.9 Å². The van der Waals surface area contributed by atoms with Gasteiger partial charge in [-0.25, -0.2) is 9.37 Å². The van der Waals surface area contributed by atoms with Crippen LogP contribution in [0.1, 0.15) is 11.3 Å². The maximum Gasteiger partial charge on any atom is 0.165 e. The predicted molar refractivity (Wildman–Crippen MR) is 76.4 cm³/mol. The Balaban J connectivity index is 2.12. The number of methoxy groups -OCH3 is 1. The summed E-state index contributed by atoms with van der Waals surface area (Å²) in [5.74, 6) is 2.29. The summed E-state index contributed by atoms with van der Waals surface area (Å²) in [6.45, 7) is 0. The summed E-state index contributed by atoms with van der Waals surface area (Å²) in [6, 6.07) is 4.66. The standard InChI is InChI=1S/C13H11FN2OS2/c1-17-11-4-7(2-3-9(11)14)12-15-10-6-19-5-8(10)13(18)16-12/h2-4H,5-6H2,1H3,(H,15,16,18). The molecule has 0 saturated carbocycles. The Labute approximate surface area is 119 Å². The molecule has 6 heteroatoms. The first-order valence-electron chi connectivity index (χ1n) is 5.73. The van der Waals surface area contributed by atoms with Crippen LogP contribution in [0.2, 0.25) is 0 Å². The normalized spacial score (nSPS) is 13.4. The summed E-state index contributed by atoms with van der Waals surface area (Å²) in [5.41, 5.74) is 2.99. The third kappa shape index (κ3) is 2.26. The molecule has 0 spiro atoms. The van der Waals surface area contributed by atoms with Crippen molar-refractivity contribution in [2.24, 2.45) is 0 Å². The molecule has 3 rings (SSSR count). The highest BCUT2D eigenvalue weighted by Gasteiger charge is 2.16. The van der Waals surface area contributed by atoms with E-state index in [1.54, 1.807) is 12.1 Å². The van der Waals surface area contributed by atoms with E-state index in [-0.39, 0.29) is 11.6 Å². The van der Waals surface area contributed by atoms with Gasteiger partial charge >= 0.3 is 0 Å². The highest BCUT2D eigenvalue weighted by molar-refractivity contribution is 7.98. The Kier molecular flexibility index (Phi) is 3.28. The van der Waals surface area contributed by atoms with Crippen LogP contribution in [0.15, 0.2) is 18.2 Å². The number of aromatic nitrogens is 2. The molecule has 0 fully saturated rings. The fourth-order valence-corrected chi connectivity index (χ4v) is 3.46. The molecule has 1 aliphatic heterocycles. The van der Waals surface area contributed by atoms with Gasteiger partial charge in [0.1, 0.15) is 10.5 Å². The van der Waals surface area contributed by atoms with Crippen molar-refractivity contribution in [1.29, 1.82) is 0 Å². The SMILES string of the molecule is COc1cc(-c2nc(=S)c3c([nH]2)CSC3)ccc1F. The Morgan fingerprint density at radius 1 is 1.42 bits per heavy atom. The third-order valence-electron chi connectivity index (χ3n) is 3.02. The average Bonchev–Trinajstić information content (AvgIpc) is 2.88. The van der Waals surface area contributed by atoms with Gasteiger partial charge in [-0.3, -0.25) is 0 Å². The first-order valence-corrected chi connectivity index (χ1v) is 7.29. The Morgan fingerprint density at radius 3 is 3.05 bits per heavy atom. The summed E-state index contributed by atoms with van der Waals surface area (Å²) in [6.07, 6.45) is 0. The second kappa shape index (κ2) is 4.94. The van der Waals surface area contributed by atoms with Crippen molar-refractivity contribution in [3.63, 3.8) is 0 Å². The number of nitrogens with zero attached hydrogens (tertiary/aromatic N) is 1. The fourth-order valence-electron chi connectivity index (χ4n) is 2.02. The van der Waals surface area contributed by atoms with Gasteiger partial charge in [-0.15, -0.1) is 0 Å². The van der Waals surface area contributed by atoms with Gasteiger partial charge < -0.3 is 9.72 Å². The van der Waals surface area contributed by atoms with E-state index in [0.29, 0.717) is 10.5 Å². The molecular weight excluding hydrogens is 283 g/mol. The van der Waals surface area contributed by atoms with Crippen molar-refractivity contribution >= 4 is 24.0 Å². The van der Waals surface area contributed by atoms with Gasteiger partial charge in [0.15, 0.2) is 11.6 Å². The van der Waals surface area contributed by atoms with Crippen LogP contribution < -0.4 is 4.74 Å². The maximum atomic E-state index is 13.4. The van der Waals surface area contributed by atoms with E-state index in [2.05, 4.69) is 9.97 Å². The molecule has 0 radical (unpaired) electrons. The largest absolute Gasteiger partial charge is 0.494 e. The first-order chi connectivity index (χ1) is 9.19. The summed E-state index contributed by atoms with van der Waals surface area (Å²) in [5, 5.41) is 0. The van der Waals surface area contributed by atoms with Crippen LogP contribution in [0.4, 0.5) is 4.39 Å².